The monoisotopic (exact) mass is 427 g/mol. The Balaban J connectivity index is 1.53. The van der Waals surface area contributed by atoms with Gasteiger partial charge in [-0.05, 0) is 54.8 Å². The summed E-state index contributed by atoms with van der Waals surface area (Å²) in [5.74, 6) is 0.626. The molecule has 0 saturated carbocycles. The molecular formula is C26H25N3O3. The van der Waals surface area contributed by atoms with Gasteiger partial charge >= 0.3 is 0 Å². The van der Waals surface area contributed by atoms with Crippen molar-refractivity contribution in [2.24, 2.45) is 0 Å². The number of carbonyl (C=O) groups excluding carboxylic acids is 1. The first-order valence-electron chi connectivity index (χ1n) is 10.5. The van der Waals surface area contributed by atoms with E-state index < -0.39 is 0 Å². The highest BCUT2D eigenvalue weighted by molar-refractivity contribution is 5.97. The SMILES string of the molecule is COc1cccc(CCNC(=O)c2ccc3c(c2)nc(C)c(=O)n3Cc2ccccc2)c1. The summed E-state index contributed by atoms with van der Waals surface area (Å²) in [5.41, 5.74) is 4.24. The van der Waals surface area contributed by atoms with Crippen LogP contribution >= 0.6 is 0 Å². The van der Waals surface area contributed by atoms with Crippen LogP contribution in [-0.4, -0.2) is 29.1 Å². The summed E-state index contributed by atoms with van der Waals surface area (Å²) in [5, 5.41) is 2.95. The number of carbonyl (C=O) groups is 1. The summed E-state index contributed by atoms with van der Waals surface area (Å²) < 4.78 is 6.94. The Morgan fingerprint density at radius 1 is 1.00 bits per heavy atom. The fraction of sp³-hybridized carbons (Fsp3) is 0.192. The van der Waals surface area contributed by atoms with E-state index >= 15 is 0 Å². The summed E-state index contributed by atoms with van der Waals surface area (Å²) in [6, 6.07) is 22.9. The van der Waals surface area contributed by atoms with Gasteiger partial charge in [0.2, 0.25) is 0 Å². The third-order valence-electron chi connectivity index (χ3n) is 5.39. The standard InChI is InChI=1S/C26H25N3O3/c1-18-26(31)29(17-20-7-4-3-5-8-20)24-12-11-21(16-23(24)28-18)25(30)27-14-13-19-9-6-10-22(15-19)32-2/h3-12,15-16H,13-14,17H2,1-2H3,(H,27,30). The Morgan fingerprint density at radius 2 is 1.78 bits per heavy atom. The third kappa shape index (κ3) is 4.70. The van der Waals surface area contributed by atoms with Crippen LogP contribution in [0.25, 0.3) is 11.0 Å². The summed E-state index contributed by atoms with van der Waals surface area (Å²) in [6.07, 6.45) is 0.699. The van der Waals surface area contributed by atoms with Crippen LogP contribution in [0, 0.1) is 6.92 Å². The van der Waals surface area contributed by atoms with E-state index in [1.165, 1.54) is 0 Å². The number of hydrogen-bond acceptors (Lipinski definition) is 4. The van der Waals surface area contributed by atoms with Gasteiger partial charge in [0.1, 0.15) is 11.4 Å². The van der Waals surface area contributed by atoms with Crippen molar-refractivity contribution >= 4 is 16.9 Å². The van der Waals surface area contributed by atoms with Gasteiger partial charge in [0.25, 0.3) is 11.5 Å². The average Bonchev–Trinajstić information content (AvgIpc) is 2.82. The molecule has 4 rings (SSSR count). The molecule has 1 aromatic heterocycles. The lowest BCUT2D eigenvalue weighted by molar-refractivity contribution is 0.0954. The molecule has 32 heavy (non-hydrogen) atoms. The highest BCUT2D eigenvalue weighted by Crippen LogP contribution is 2.16. The van der Waals surface area contributed by atoms with Crippen LogP contribution in [0.15, 0.2) is 77.6 Å². The van der Waals surface area contributed by atoms with E-state index in [2.05, 4.69) is 10.3 Å². The number of fused-ring (bicyclic) bond motifs is 1. The Labute approximate surface area is 186 Å². The zero-order valence-corrected chi connectivity index (χ0v) is 18.2. The first-order valence-corrected chi connectivity index (χ1v) is 10.5. The zero-order valence-electron chi connectivity index (χ0n) is 18.2. The zero-order chi connectivity index (χ0) is 22.5. The van der Waals surface area contributed by atoms with Gasteiger partial charge in [-0.3, -0.25) is 9.59 Å². The Kier molecular flexibility index (Phi) is 6.31. The molecule has 0 radical (unpaired) electrons. The van der Waals surface area contributed by atoms with E-state index in [1.807, 2.05) is 54.6 Å². The molecule has 0 aliphatic carbocycles. The van der Waals surface area contributed by atoms with Crippen LogP contribution < -0.4 is 15.6 Å². The minimum Gasteiger partial charge on any atom is -0.497 e. The van der Waals surface area contributed by atoms with Gasteiger partial charge < -0.3 is 14.6 Å². The lowest BCUT2D eigenvalue weighted by Crippen LogP contribution is -2.27. The molecule has 0 aliphatic rings. The third-order valence-corrected chi connectivity index (χ3v) is 5.39. The molecule has 0 fully saturated rings. The molecule has 1 heterocycles. The quantitative estimate of drug-likeness (QED) is 0.488. The second-order valence-corrected chi connectivity index (χ2v) is 7.64. The van der Waals surface area contributed by atoms with Gasteiger partial charge in [-0.2, -0.15) is 0 Å². The largest absolute Gasteiger partial charge is 0.497 e. The molecule has 162 valence electrons. The first-order chi connectivity index (χ1) is 15.5. The normalized spacial score (nSPS) is 10.8. The molecule has 4 aromatic rings. The van der Waals surface area contributed by atoms with Crippen LogP contribution in [0.4, 0.5) is 0 Å². The smallest absolute Gasteiger partial charge is 0.272 e. The van der Waals surface area contributed by atoms with Crippen molar-refractivity contribution in [2.75, 3.05) is 13.7 Å². The summed E-state index contributed by atoms with van der Waals surface area (Å²) in [4.78, 5) is 29.9. The number of amides is 1. The summed E-state index contributed by atoms with van der Waals surface area (Å²) in [6.45, 7) is 2.65. The van der Waals surface area contributed by atoms with E-state index in [1.54, 1.807) is 36.8 Å². The topological polar surface area (TPSA) is 73.2 Å². The predicted octanol–water partition coefficient (Wildman–Crippen LogP) is 3.73. The van der Waals surface area contributed by atoms with Crippen LogP contribution in [0.3, 0.4) is 0 Å². The van der Waals surface area contributed by atoms with Crippen molar-refractivity contribution in [3.05, 3.63) is 106 Å². The van der Waals surface area contributed by atoms with Crippen molar-refractivity contribution in [1.29, 1.82) is 0 Å². The highest BCUT2D eigenvalue weighted by atomic mass is 16.5. The van der Waals surface area contributed by atoms with Gasteiger partial charge in [-0.1, -0.05) is 42.5 Å². The van der Waals surface area contributed by atoms with Crippen molar-refractivity contribution in [3.8, 4) is 5.75 Å². The van der Waals surface area contributed by atoms with Crippen LogP contribution in [0.5, 0.6) is 5.75 Å². The molecule has 0 bridgehead atoms. The molecule has 0 aliphatic heterocycles. The predicted molar refractivity (Wildman–Crippen MR) is 125 cm³/mol. The maximum absolute atomic E-state index is 12.7. The highest BCUT2D eigenvalue weighted by Gasteiger charge is 2.12. The fourth-order valence-corrected chi connectivity index (χ4v) is 3.69. The van der Waals surface area contributed by atoms with E-state index in [0.29, 0.717) is 41.8 Å². The molecule has 1 amide bonds. The van der Waals surface area contributed by atoms with Gasteiger partial charge in [-0.15, -0.1) is 0 Å². The van der Waals surface area contributed by atoms with Crippen molar-refractivity contribution in [2.45, 2.75) is 19.9 Å². The van der Waals surface area contributed by atoms with E-state index in [0.717, 1.165) is 16.9 Å². The Morgan fingerprint density at radius 3 is 2.56 bits per heavy atom. The summed E-state index contributed by atoms with van der Waals surface area (Å²) in [7, 11) is 1.63. The Hall–Kier alpha value is -3.93. The van der Waals surface area contributed by atoms with Crippen LogP contribution in [-0.2, 0) is 13.0 Å². The molecule has 3 aromatic carbocycles. The number of aromatic nitrogens is 2. The van der Waals surface area contributed by atoms with Crippen LogP contribution in [0.2, 0.25) is 0 Å². The minimum absolute atomic E-state index is 0.128. The Bertz CT molecular complexity index is 1310. The molecule has 0 spiro atoms. The van der Waals surface area contributed by atoms with Crippen LogP contribution in [0.1, 0.15) is 27.2 Å². The number of nitrogens with one attached hydrogen (secondary N) is 1. The number of aryl methyl sites for hydroxylation is 1. The lowest BCUT2D eigenvalue weighted by atomic mass is 10.1. The number of methoxy groups -OCH3 is 1. The van der Waals surface area contributed by atoms with Gasteiger partial charge in [0.05, 0.1) is 24.7 Å². The van der Waals surface area contributed by atoms with Crippen molar-refractivity contribution < 1.29 is 9.53 Å². The second-order valence-electron chi connectivity index (χ2n) is 7.64. The van der Waals surface area contributed by atoms with Gasteiger partial charge in [-0.25, -0.2) is 4.98 Å². The molecule has 0 atom stereocenters. The average molecular weight is 428 g/mol. The molecular weight excluding hydrogens is 402 g/mol. The number of ether oxygens (including phenoxy) is 1. The van der Waals surface area contributed by atoms with E-state index in [-0.39, 0.29) is 11.5 Å². The molecule has 6 nitrogen and oxygen atoms in total. The molecule has 1 N–H and O–H groups in total. The van der Waals surface area contributed by atoms with E-state index in [4.69, 9.17) is 4.74 Å². The van der Waals surface area contributed by atoms with Gasteiger partial charge in [0, 0.05) is 12.1 Å². The number of hydrogen-bond donors (Lipinski definition) is 1. The number of benzene rings is 3. The lowest BCUT2D eigenvalue weighted by Gasteiger charge is -2.12. The van der Waals surface area contributed by atoms with E-state index in [9.17, 15) is 9.59 Å². The van der Waals surface area contributed by atoms with Crippen molar-refractivity contribution in [1.82, 2.24) is 14.9 Å². The molecule has 0 unspecified atom stereocenters. The van der Waals surface area contributed by atoms with Gasteiger partial charge in [0.15, 0.2) is 0 Å². The number of rotatable bonds is 7. The second kappa shape index (κ2) is 9.47. The minimum atomic E-state index is -0.171. The number of nitrogens with zero attached hydrogens (tertiary/aromatic N) is 2. The molecule has 6 heteroatoms. The maximum atomic E-state index is 12.7. The first kappa shape index (κ1) is 21.3. The maximum Gasteiger partial charge on any atom is 0.272 e. The molecule has 0 saturated heterocycles. The fourth-order valence-electron chi connectivity index (χ4n) is 3.69. The van der Waals surface area contributed by atoms with Crippen molar-refractivity contribution in [3.63, 3.8) is 0 Å². The summed E-state index contributed by atoms with van der Waals surface area (Å²) >= 11 is 0.